The minimum Gasteiger partial charge on any atom is -0.314 e. The van der Waals surface area contributed by atoms with E-state index in [1.165, 1.54) is 21.7 Å². The van der Waals surface area contributed by atoms with Gasteiger partial charge in [-0.15, -0.1) is 0 Å². The summed E-state index contributed by atoms with van der Waals surface area (Å²) in [6, 6.07) is 11.4. The van der Waals surface area contributed by atoms with Crippen molar-refractivity contribution in [1.29, 1.82) is 0 Å². The van der Waals surface area contributed by atoms with Crippen LogP contribution < -0.4 is 20.9 Å². The summed E-state index contributed by atoms with van der Waals surface area (Å²) in [6.07, 6.45) is 1.07. The molecule has 4 nitrogen and oxygen atoms in total. The molecule has 0 aliphatic carbocycles. The number of thioether (sulfide) groups is 1. The summed E-state index contributed by atoms with van der Waals surface area (Å²) in [5.74, 6) is -0.205. The molecule has 6 heteroatoms. The van der Waals surface area contributed by atoms with Crippen molar-refractivity contribution in [2.75, 3.05) is 33.2 Å². The zero-order valence-corrected chi connectivity index (χ0v) is 16.8. The number of nitrogens with one attached hydrogen (secondary N) is 2. The van der Waals surface area contributed by atoms with Gasteiger partial charge >= 0.3 is 0 Å². The van der Waals surface area contributed by atoms with Gasteiger partial charge in [0.05, 0.1) is 24.5 Å². The molecule has 2 aromatic rings. The van der Waals surface area contributed by atoms with Crippen molar-refractivity contribution >= 4 is 17.4 Å². The van der Waals surface area contributed by atoms with E-state index in [1.807, 2.05) is 12.1 Å². The van der Waals surface area contributed by atoms with Crippen LogP contribution in [0, 0.1) is 5.82 Å². The molecule has 1 fully saturated rings. The van der Waals surface area contributed by atoms with E-state index in [-0.39, 0.29) is 17.4 Å². The van der Waals surface area contributed by atoms with Gasteiger partial charge in [0.15, 0.2) is 11.2 Å². The van der Waals surface area contributed by atoms with Crippen LogP contribution in [0.3, 0.4) is 0 Å². The Hall–Kier alpha value is -1.44. The number of fused-ring (bicyclic) bond motifs is 1. The summed E-state index contributed by atoms with van der Waals surface area (Å²) in [6.45, 7) is 6.02. The van der Waals surface area contributed by atoms with Crippen molar-refractivity contribution in [1.82, 2.24) is 15.1 Å². The first-order valence-corrected chi connectivity index (χ1v) is 10.6. The first-order valence-electron chi connectivity index (χ1n) is 9.69. The molecular weight excluding hydrogens is 359 g/mol. The highest BCUT2D eigenvalue weighted by molar-refractivity contribution is 8.00. The first kappa shape index (κ1) is 18.9. The fourth-order valence-corrected chi connectivity index (χ4v) is 5.66. The van der Waals surface area contributed by atoms with E-state index in [2.05, 4.69) is 36.7 Å². The minimum absolute atomic E-state index is 0.00119. The summed E-state index contributed by atoms with van der Waals surface area (Å²) in [4.78, 5) is 1.27. The van der Waals surface area contributed by atoms with Crippen molar-refractivity contribution in [3.63, 3.8) is 0 Å². The van der Waals surface area contributed by atoms with Crippen LogP contribution in [0.4, 0.5) is 10.1 Å². The Morgan fingerprint density at radius 2 is 1.96 bits per heavy atom. The average Bonchev–Trinajstić information content (AvgIpc) is 2.93. The standard InChI is InChI=1S/C21H28FN4S/c1-3-12-26(2)20-18(27-21(26)23)9-8-16(14-4-6-15(22)7-5-14)19(20)17-13-24-10-11-25-17/h4-9,17,21,24-25H,3,10-13,23H2,1-2H3/q+1. The smallest absolute Gasteiger partial charge is 0.198 e. The fraction of sp³-hybridized carbons (Fsp3) is 0.429. The third kappa shape index (κ3) is 3.30. The number of piperazine rings is 1. The topological polar surface area (TPSA) is 50.1 Å². The predicted molar refractivity (Wildman–Crippen MR) is 112 cm³/mol. The van der Waals surface area contributed by atoms with Gasteiger partial charge in [-0.3, -0.25) is 10.2 Å². The number of hydrogen-bond donors (Lipinski definition) is 3. The van der Waals surface area contributed by atoms with Crippen LogP contribution in [0.15, 0.2) is 41.3 Å². The van der Waals surface area contributed by atoms with E-state index in [1.54, 1.807) is 23.9 Å². The van der Waals surface area contributed by atoms with Crippen molar-refractivity contribution in [3.8, 4) is 11.1 Å². The molecule has 0 spiro atoms. The normalized spacial score (nSPS) is 27.6. The lowest BCUT2D eigenvalue weighted by Crippen LogP contribution is -2.55. The highest BCUT2D eigenvalue weighted by atomic mass is 32.2. The molecule has 0 saturated carbocycles. The number of quaternary nitrogens is 1. The van der Waals surface area contributed by atoms with Crippen molar-refractivity contribution in [2.45, 2.75) is 29.8 Å². The zero-order chi connectivity index (χ0) is 19.0. The summed E-state index contributed by atoms with van der Waals surface area (Å²) in [5.41, 5.74) is 11.5. The molecule has 144 valence electrons. The Kier molecular flexibility index (Phi) is 5.27. The van der Waals surface area contributed by atoms with Gasteiger partial charge in [0, 0.05) is 25.2 Å². The SMILES string of the molecule is CCC[N+]1(C)c2c(ccc(-c3ccc(F)cc3)c2C2CNCCN2)SC1N. The van der Waals surface area contributed by atoms with Gasteiger partial charge in [0.2, 0.25) is 0 Å². The maximum atomic E-state index is 13.5. The zero-order valence-electron chi connectivity index (χ0n) is 16.0. The molecule has 2 heterocycles. The molecule has 2 aliphatic heterocycles. The van der Waals surface area contributed by atoms with E-state index >= 15 is 0 Å². The van der Waals surface area contributed by atoms with E-state index < -0.39 is 0 Å². The van der Waals surface area contributed by atoms with Crippen LogP contribution in [0.1, 0.15) is 24.9 Å². The van der Waals surface area contributed by atoms with E-state index in [0.29, 0.717) is 0 Å². The van der Waals surface area contributed by atoms with E-state index in [4.69, 9.17) is 5.73 Å². The molecule has 3 atom stereocenters. The maximum absolute atomic E-state index is 13.5. The van der Waals surface area contributed by atoms with Crippen LogP contribution in [0.2, 0.25) is 0 Å². The number of hydrogen-bond acceptors (Lipinski definition) is 4. The van der Waals surface area contributed by atoms with Gasteiger partial charge in [-0.25, -0.2) is 4.39 Å². The van der Waals surface area contributed by atoms with E-state index in [9.17, 15) is 4.39 Å². The van der Waals surface area contributed by atoms with Gasteiger partial charge in [-0.05, 0) is 47.5 Å². The summed E-state index contributed by atoms with van der Waals surface area (Å²) in [5, 5.41) is 7.20. The predicted octanol–water partition coefficient (Wildman–Crippen LogP) is 3.42. The molecule has 2 aliphatic rings. The molecular formula is C21H28FN4S+. The van der Waals surface area contributed by atoms with Gasteiger partial charge in [-0.2, -0.15) is 0 Å². The molecule has 0 aromatic heterocycles. The number of nitrogens with two attached hydrogens (primary N) is 1. The Balaban J connectivity index is 1.93. The summed E-state index contributed by atoms with van der Waals surface area (Å²) in [7, 11) is 2.25. The van der Waals surface area contributed by atoms with E-state index in [0.717, 1.165) is 42.6 Å². The quantitative estimate of drug-likeness (QED) is 0.704. The molecule has 4 N–H and O–H groups in total. The summed E-state index contributed by atoms with van der Waals surface area (Å²) >= 11 is 1.76. The highest BCUT2D eigenvalue weighted by Crippen LogP contribution is 2.52. The van der Waals surface area contributed by atoms with Crippen LogP contribution in [-0.2, 0) is 0 Å². The largest absolute Gasteiger partial charge is 0.314 e. The van der Waals surface area contributed by atoms with Crippen molar-refractivity contribution in [2.24, 2.45) is 5.73 Å². The molecule has 1 saturated heterocycles. The highest BCUT2D eigenvalue weighted by Gasteiger charge is 2.45. The van der Waals surface area contributed by atoms with Gasteiger partial charge in [0.25, 0.3) is 0 Å². The van der Waals surface area contributed by atoms with Crippen LogP contribution in [-0.4, -0.2) is 38.7 Å². The fourth-order valence-electron chi connectivity index (χ4n) is 4.38. The third-order valence-corrected chi connectivity index (χ3v) is 7.02. The van der Waals surface area contributed by atoms with Crippen molar-refractivity contribution in [3.05, 3.63) is 47.8 Å². The maximum Gasteiger partial charge on any atom is 0.198 e. The van der Waals surface area contributed by atoms with Gasteiger partial charge < -0.3 is 10.6 Å². The van der Waals surface area contributed by atoms with Gasteiger partial charge in [0.1, 0.15) is 5.82 Å². The van der Waals surface area contributed by atoms with Crippen LogP contribution >= 0.6 is 11.8 Å². The lowest BCUT2D eigenvalue weighted by atomic mass is 9.91. The first-order chi connectivity index (χ1) is 13.0. The number of rotatable bonds is 4. The molecule has 0 bridgehead atoms. The second-order valence-electron chi connectivity index (χ2n) is 7.59. The van der Waals surface area contributed by atoms with Crippen molar-refractivity contribution < 1.29 is 4.39 Å². The lowest BCUT2D eigenvalue weighted by molar-refractivity contribution is 0.312. The second-order valence-corrected chi connectivity index (χ2v) is 8.75. The average molecular weight is 388 g/mol. The summed E-state index contributed by atoms with van der Waals surface area (Å²) < 4.78 is 14.2. The Labute approximate surface area is 164 Å². The monoisotopic (exact) mass is 387 g/mol. The Bertz CT molecular complexity index is 820. The number of benzene rings is 2. The Morgan fingerprint density at radius 1 is 1.19 bits per heavy atom. The Morgan fingerprint density at radius 3 is 2.63 bits per heavy atom. The second kappa shape index (κ2) is 7.53. The third-order valence-electron chi connectivity index (χ3n) is 5.73. The number of nitrogens with zero attached hydrogens (tertiary/aromatic N) is 1. The molecule has 2 aromatic carbocycles. The molecule has 4 rings (SSSR count). The molecule has 3 unspecified atom stereocenters. The van der Waals surface area contributed by atoms with Crippen LogP contribution in [0.25, 0.3) is 11.1 Å². The number of halogens is 1. The minimum atomic E-state index is -0.205. The van der Waals surface area contributed by atoms with Gasteiger partial charge in [-0.1, -0.05) is 25.1 Å². The lowest BCUT2D eigenvalue weighted by Gasteiger charge is -2.37. The molecule has 0 radical (unpaired) electrons. The van der Waals surface area contributed by atoms with Crippen LogP contribution in [0.5, 0.6) is 0 Å². The molecule has 0 amide bonds. The molecule has 27 heavy (non-hydrogen) atoms.